The predicted octanol–water partition coefficient (Wildman–Crippen LogP) is 1.93. The van der Waals surface area contributed by atoms with Crippen LogP contribution in [0, 0.1) is 5.82 Å². The van der Waals surface area contributed by atoms with E-state index in [2.05, 4.69) is 26.1 Å². The van der Waals surface area contributed by atoms with E-state index < -0.39 is 12.1 Å². The molecular formula is C24H26FN7O4. The first-order valence-corrected chi connectivity index (χ1v) is 11.4. The predicted molar refractivity (Wildman–Crippen MR) is 130 cm³/mol. The molecule has 3 aliphatic rings. The lowest BCUT2D eigenvalue weighted by Gasteiger charge is -2.33. The van der Waals surface area contributed by atoms with Crippen LogP contribution in [0.1, 0.15) is 24.9 Å². The van der Waals surface area contributed by atoms with Gasteiger partial charge in [-0.3, -0.25) is 9.83 Å². The van der Waals surface area contributed by atoms with Gasteiger partial charge in [-0.1, -0.05) is 12.1 Å². The van der Waals surface area contributed by atoms with Crippen LogP contribution in [0.3, 0.4) is 0 Å². The van der Waals surface area contributed by atoms with E-state index in [0.29, 0.717) is 35.4 Å². The normalized spacial score (nSPS) is 23.1. The van der Waals surface area contributed by atoms with Gasteiger partial charge in [0.25, 0.3) is 0 Å². The van der Waals surface area contributed by atoms with E-state index in [1.54, 1.807) is 24.3 Å². The number of nitrogens with zero attached hydrogens (tertiary/aromatic N) is 3. The Balaban J connectivity index is 1.49. The van der Waals surface area contributed by atoms with Gasteiger partial charge in [0.1, 0.15) is 12.4 Å². The number of nitrogens with two attached hydrogens (primary N) is 1. The molecule has 0 spiro atoms. The minimum Gasteiger partial charge on any atom is -0.481 e. The summed E-state index contributed by atoms with van der Waals surface area (Å²) in [5.74, 6) is 0.810. The van der Waals surface area contributed by atoms with E-state index in [9.17, 15) is 9.18 Å². The minimum atomic E-state index is -0.478. The van der Waals surface area contributed by atoms with Gasteiger partial charge in [0, 0.05) is 29.3 Å². The van der Waals surface area contributed by atoms with E-state index in [-0.39, 0.29) is 31.1 Å². The zero-order valence-corrected chi connectivity index (χ0v) is 19.7. The van der Waals surface area contributed by atoms with Crippen molar-refractivity contribution in [2.45, 2.75) is 31.5 Å². The second kappa shape index (κ2) is 9.82. The SMILES string of the molecule is COc1cccc(-c2cc(F)ccc2[C@H]2CC3N=C(N)NC(C)=C3C(NOC[C@H]3COC(=O)N3)=N2)n1. The maximum absolute atomic E-state index is 14.4. The number of carbonyl (C=O) groups is 1. The molecular weight excluding hydrogens is 469 g/mol. The minimum absolute atomic E-state index is 0.167. The van der Waals surface area contributed by atoms with Crippen molar-refractivity contribution >= 4 is 17.9 Å². The second-order valence-corrected chi connectivity index (χ2v) is 8.57. The van der Waals surface area contributed by atoms with Crippen molar-refractivity contribution in [3.63, 3.8) is 0 Å². The molecule has 1 aromatic carbocycles. The van der Waals surface area contributed by atoms with Crippen LogP contribution in [-0.4, -0.2) is 55.3 Å². The number of aromatic nitrogens is 1. The molecule has 0 radical (unpaired) electrons. The van der Waals surface area contributed by atoms with E-state index in [1.165, 1.54) is 19.2 Å². The van der Waals surface area contributed by atoms with Gasteiger partial charge < -0.3 is 25.8 Å². The van der Waals surface area contributed by atoms with Crippen molar-refractivity contribution in [2.24, 2.45) is 15.7 Å². The number of fused-ring (bicyclic) bond motifs is 1. The highest BCUT2D eigenvalue weighted by Gasteiger charge is 2.35. The molecule has 1 saturated heterocycles. The van der Waals surface area contributed by atoms with Crippen LogP contribution in [0.4, 0.5) is 9.18 Å². The lowest BCUT2D eigenvalue weighted by Crippen LogP contribution is -2.45. The maximum atomic E-state index is 14.4. The number of halogens is 1. The third-order valence-electron chi connectivity index (χ3n) is 6.11. The zero-order chi connectivity index (χ0) is 25.2. The van der Waals surface area contributed by atoms with Gasteiger partial charge in [-0.25, -0.2) is 24.6 Å². The Labute approximate surface area is 206 Å². The molecule has 188 valence electrons. The van der Waals surface area contributed by atoms with Crippen LogP contribution >= 0.6 is 0 Å². The number of hydroxylamine groups is 1. The number of rotatable bonds is 6. The molecule has 0 bridgehead atoms. The van der Waals surface area contributed by atoms with Gasteiger partial charge in [-0.15, -0.1) is 0 Å². The first-order chi connectivity index (χ1) is 17.4. The van der Waals surface area contributed by atoms with Crippen molar-refractivity contribution in [1.29, 1.82) is 0 Å². The number of aliphatic imine (C=N–C) groups is 2. The number of methoxy groups -OCH3 is 1. The summed E-state index contributed by atoms with van der Waals surface area (Å²) in [6.45, 7) is 2.27. The molecule has 1 fully saturated rings. The van der Waals surface area contributed by atoms with Gasteiger partial charge >= 0.3 is 6.09 Å². The lowest BCUT2D eigenvalue weighted by molar-refractivity contribution is 0.0662. The summed E-state index contributed by atoms with van der Waals surface area (Å²) in [7, 11) is 1.53. The number of amidine groups is 1. The molecule has 3 atom stereocenters. The number of ether oxygens (including phenoxy) is 2. The lowest BCUT2D eigenvalue weighted by atomic mass is 9.87. The highest BCUT2D eigenvalue weighted by Crippen LogP contribution is 2.38. The van der Waals surface area contributed by atoms with Gasteiger partial charge in [0.2, 0.25) is 5.88 Å². The number of hydrogen-bond acceptors (Lipinski definition) is 10. The van der Waals surface area contributed by atoms with Crippen LogP contribution in [-0.2, 0) is 9.57 Å². The Kier molecular flexibility index (Phi) is 6.42. The molecule has 2 aromatic rings. The van der Waals surface area contributed by atoms with Crippen LogP contribution in [0.15, 0.2) is 57.7 Å². The Bertz CT molecular complexity index is 1280. The molecule has 5 rings (SSSR count). The summed E-state index contributed by atoms with van der Waals surface area (Å²) in [6, 6.07) is 8.89. The van der Waals surface area contributed by atoms with Crippen molar-refractivity contribution < 1.29 is 23.5 Å². The average Bonchev–Trinajstić information content (AvgIpc) is 3.28. The van der Waals surface area contributed by atoms with Crippen LogP contribution in [0.5, 0.6) is 5.88 Å². The zero-order valence-electron chi connectivity index (χ0n) is 19.7. The fraction of sp³-hybridized carbons (Fsp3) is 0.333. The van der Waals surface area contributed by atoms with Gasteiger partial charge in [-0.05, 0) is 30.7 Å². The van der Waals surface area contributed by atoms with Crippen LogP contribution in [0.25, 0.3) is 11.3 Å². The fourth-order valence-electron chi connectivity index (χ4n) is 4.49. The smallest absolute Gasteiger partial charge is 0.407 e. The molecule has 12 heteroatoms. The molecule has 1 aromatic heterocycles. The molecule has 0 saturated carbocycles. The van der Waals surface area contributed by atoms with Crippen molar-refractivity contribution in [3.8, 4) is 17.1 Å². The van der Waals surface area contributed by atoms with Crippen molar-refractivity contribution in [1.82, 2.24) is 21.1 Å². The average molecular weight is 496 g/mol. The second-order valence-electron chi connectivity index (χ2n) is 8.57. The molecule has 1 amide bonds. The Hall–Kier alpha value is -4.19. The number of carbonyl (C=O) groups excluding carboxylic acids is 1. The van der Waals surface area contributed by atoms with E-state index in [1.807, 2.05) is 6.92 Å². The Morgan fingerprint density at radius 1 is 1.25 bits per heavy atom. The summed E-state index contributed by atoms with van der Waals surface area (Å²) in [5, 5.41) is 5.69. The number of guanidine groups is 1. The van der Waals surface area contributed by atoms with E-state index in [4.69, 9.17) is 25.0 Å². The summed E-state index contributed by atoms with van der Waals surface area (Å²) in [6.07, 6.45) is 0.0311. The molecule has 4 heterocycles. The first-order valence-electron chi connectivity index (χ1n) is 11.4. The highest BCUT2D eigenvalue weighted by molar-refractivity contribution is 6.02. The van der Waals surface area contributed by atoms with Crippen molar-refractivity contribution in [2.75, 3.05) is 20.3 Å². The van der Waals surface area contributed by atoms with Crippen LogP contribution in [0.2, 0.25) is 0 Å². The number of pyridine rings is 1. The maximum Gasteiger partial charge on any atom is 0.407 e. The highest BCUT2D eigenvalue weighted by atomic mass is 19.1. The summed E-state index contributed by atoms with van der Waals surface area (Å²) < 4.78 is 24.5. The number of alkyl carbamates (subject to hydrolysis) is 1. The molecule has 11 nitrogen and oxygen atoms in total. The quantitative estimate of drug-likeness (QED) is 0.445. The third-order valence-corrected chi connectivity index (χ3v) is 6.11. The monoisotopic (exact) mass is 495 g/mol. The van der Waals surface area contributed by atoms with Crippen molar-refractivity contribution in [3.05, 3.63) is 59.0 Å². The number of hydrogen-bond donors (Lipinski definition) is 4. The largest absolute Gasteiger partial charge is 0.481 e. The van der Waals surface area contributed by atoms with Gasteiger partial charge in [-0.2, -0.15) is 0 Å². The number of nitrogens with one attached hydrogen (secondary N) is 3. The molecule has 3 aliphatic heterocycles. The standard InChI is InChI=1S/C24H26FN7O4/c1-12-21-19(31-23(26)27-12)9-18(30-22(21)32-36-11-14-10-35-24(33)28-14)15-7-6-13(25)8-16(15)17-4-3-5-20(29-17)34-2/h3-8,14,18-19H,9-11H2,1-2H3,(H,28,33)(H,30,32)(H3,26,27,31)/t14-,18-,19?/m1/s1. The van der Waals surface area contributed by atoms with Gasteiger partial charge in [0.05, 0.1) is 37.5 Å². The van der Waals surface area contributed by atoms with Crippen LogP contribution < -0.4 is 26.6 Å². The third kappa shape index (κ3) is 4.80. The topological polar surface area (TPSA) is 144 Å². The molecule has 1 unspecified atom stereocenters. The fourth-order valence-corrected chi connectivity index (χ4v) is 4.49. The number of cyclic esters (lactones) is 1. The Morgan fingerprint density at radius 2 is 2.11 bits per heavy atom. The van der Waals surface area contributed by atoms with E-state index in [0.717, 1.165) is 16.8 Å². The number of allylic oxidation sites excluding steroid dienone is 1. The summed E-state index contributed by atoms with van der Waals surface area (Å²) in [4.78, 5) is 30.9. The first kappa shape index (κ1) is 23.5. The van der Waals surface area contributed by atoms with Gasteiger partial charge in [0.15, 0.2) is 11.8 Å². The Morgan fingerprint density at radius 3 is 2.89 bits per heavy atom. The summed E-state index contributed by atoms with van der Waals surface area (Å²) in [5.41, 5.74) is 12.5. The molecule has 5 N–H and O–H groups in total. The van der Waals surface area contributed by atoms with E-state index >= 15 is 0 Å². The molecule has 0 aliphatic carbocycles. The number of benzene rings is 1. The summed E-state index contributed by atoms with van der Waals surface area (Å²) >= 11 is 0. The molecule has 36 heavy (non-hydrogen) atoms. The number of amides is 1.